The number of rotatable bonds is 68. The van der Waals surface area contributed by atoms with Crippen LogP contribution in [-0.2, 0) is 91.2 Å². The van der Waals surface area contributed by atoms with Crippen LogP contribution in [0.25, 0.3) is 43.9 Å². The quantitative estimate of drug-likeness (QED) is 0.0107. The van der Waals surface area contributed by atoms with Gasteiger partial charge in [-0.25, -0.2) is 44.3 Å². The zero-order valence-electron chi connectivity index (χ0n) is 80.7. The summed E-state index contributed by atoms with van der Waals surface area (Å²) in [7, 11) is 5.35. The molecule has 6 aromatic heterocycles. The number of carboxylic acid groups (broad SMARTS) is 3. The smallest absolute Gasteiger partial charge is 0.326 e. The molecule has 774 valence electrons. The van der Waals surface area contributed by atoms with Crippen LogP contribution in [0, 0.1) is 0 Å². The standard InChI is InChI=1S/C67H88N18O17.C27H36N8O7/c1-67(82-54(90)26-29-73-83-70,27-24-50(88)10-6-32-101-36-34-99-30-4-8-48(86)20-22-52(63(95)96)76-59(91)42-12-16-46(17-13-42)84(2)40-44-38-71-57-55(74-44)61(93)80-65(68)78-57)28-25-51(89)11-7-33-102-37-35-100-31-5-9-49(87)21-23-53(64(97)98)77-60(92)43-14-18-47(19-15-43)85(3)41-45-39-72-58-56(75-45)62(94)81-66(69)79-58;1-35(16-18-15-30-23-22(31-18)25(38)34-27(29)33-23)19-6-4-17(5-7-19)24(37)32-21(26(39)40)9-8-20(36)3-2-11-41-13-14-42-12-10-28/h12-19,38-39,52-53H,4-11,20-37,40-41H2,1-3H3,(H,76,91)(H,77,92)(H,82,90)(H,95,96)(H,97,98)(H3,68,71,78,80,93)(H3,69,72,79,81,94);4-7,15,21H,2-3,8-14,16,28H2,1H3,(H,32,37)(H,39,40)(H3,29,30,33,34,38)/t52-,53-;21-/m00/s1. The number of benzene rings is 3. The molecule has 4 amide bonds. The summed E-state index contributed by atoms with van der Waals surface area (Å²) in [4.78, 5) is 240. The van der Waals surface area contributed by atoms with Crippen LogP contribution in [0.15, 0.2) is 111 Å². The lowest BCUT2D eigenvalue weighted by molar-refractivity contribution is -0.140. The molecule has 0 spiro atoms. The Bertz CT molecular complexity index is 5830. The Morgan fingerprint density at radius 1 is 0.403 bits per heavy atom. The van der Waals surface area contributed by atoms with Gasteiger partial charge in [0.05, 0.1) is 102 Å². The minimum atomic E-state index is -1.30. The van der Waals surface area contributed by atoms with E-state index in [0.29, 0.717) is 100 Å². The van der Waals surface area contributed by atoms with Gasteiger partial charge in [0.1, 0.15) is 47.0 Å². The number of H-pyrrole nitrogens is 3. The summed E-state index contributed by atoms with van der Waals surface area (Å²) in [5.41, 5.74) is 33.1. The first-order chi connectivity index (χ1) is 69.1. The molecule has 3 atom stereocenters. The Balaban J connectivity index is 0.000000500. The van der Waals surface area contributed by atoms with Crippen LogP contribution in [0.5, 0.6) is 0 Å². The molecule has 0 bridgehead atoms. The van der Waals surface area contributed by atoms with E-state index in [2.05, 4.69) is 91.1 Å². The van der Waals surface area contributed by atoms with E-state index >= 15 is 0 Å². The number of ether oxygens (including phenoxy) is 6. The molecule has 6 heterocycles. The van der Waals surface area contributed by atoms with E-state index in [1.165, 1.54) is 42.9 Å². The number of nitrogens with one attached hydrogen (secondary N) is 7. The molecule has 0 unspecified atom stereocenters. The number of nitrogens with two attached hydrogens (primary N) is 4. The van der Waals surface area contributed by atoms with Crippen molar-refractivity contribution in [1.82, 2.24) is 81.1 Å². The summed E-state index contributed by atoms with van der Waals surface area (Å²) < 4.78 is 33.0. The van der Waals surface area contributed by atoms with Crippen LogP contribution in [0.1, 0.15) is 190 Å². The summed E-state index contributed by atoms with van der Waals surface area (Å²) in [6.07, 6.45) is 7.92. The van der Waals surface area contributed by atoms with Crippen molar-refractivity contribution in [3.05, 3.63) is 167 Å². The molecule has 0 saturated carbocycles. The number of ketones is 5. The number of anilines is 6. The van der Waals surface area contributed by atoms with Gasteiger partial charge in [0.25, 0.3) is 34.4 Å². The Hall–Kier alpha value is -15.2. The number of hydrogen-bond donors (Lipinski definition) is 14. The highest BCUT2D eigenvalue weighted by molar-refractivity contribution is 5.99. The number of hydrogen-bond acceptors (Lipinski definition) is 38. The van der Waals surface area contributed by atoms with Gasteiger partial charge in [-0.15, -0.1) is 0 Å². The minimum absolute atomic E-state index is 0.0214. The molecule has 50 heteroatoms. The summed E-state index contributed by atoms with van der Waals surface area (Å²) in [6, 6.07) is 15.5. The second kappa shape index (κ2) is 60.2. The number of aromatic nitrogens is 12. The number of nitrogen functional groups attached to an aromatic ring is 3. The summed E-state index contributed by atoms with van der Waals surface area (Å²) in [5, 5.41) is 43.0. The summed E-state index contributed by atoms with van der Waals surface area (Å²) in [5.74, 6) is -6.79. The van der Waals surface area contributed by atoms with Gasteiger partial charge in [-0.05, 0) is 149 Å². The average Bonchev–Trinajstić information content (AvgIpc) is 0.811. The Morgan fingerprint density at radius 2 is 0.674 bits per heavy atom. The molecule has 0 aliphatic carbocycles. The van der Waals surface area contributed by atoms with Crippen molar-refractivity contribution in [3.63, 3.8) is 0 Å². The molecular formula is C94H124N26O24. The van der Waals surface area contributed by atoms with Crippen LogP contribution in [-0.4, -0.2) is 283 Å². The number of nitrogens with zero attached hydrogens (tertiary/aromatic N) is 15. The highest BCUT2D eigenvalue weighted by Gasteiger charge is 2.30. The predicted octanol–water partition coefficient (Wildman–Crippen LogP) is 4.64. The van der Waals surface area contributed by atoms with Crippen molar-refractivity contribution in [2.24, 2.45) is 10.8 Å². The number of aromatic amines is 3. The van der Waals surface area contributed by atoms with E-state index in [0.717, 1.165) is 5.69 Å². The Labute approximate surface area is 825 Å². The number of carbonyl (C=O) groups is 12. The molecule has 144 heavy (non-hydrogen) atoms. The second-order valence-corrected chi connectivity index (χ2v) is 33.9. The maximum absolute atomic E-state index is 13.0. The molecule has 0 aliphatic heterocycles. The predicted molar refractivity (Wildman–Crippen MR) is 526 cm³/mol. The molecule has 0 saturated heterocycles. The lowest BCUT2D eigenvalue weighted by Crippen LogP contribution is -2.46. The Morgan fingerprint density at radius 3 is 0.938 bits per heavy atom. The molecule has 50 nitrogen and oxygen atoms in total. The van der Waals surface area contributed by atoms with E-state index in [-0.39, 0.29) is 278 Å². The van der Waals surface area contributed by atoms with Crippen molar-refractivity contribution in [3.8, 4) is 0 Å². The van der Waals surface area contributed by atoms with Gasteiger partial charge >= 0.3 is 17.9 Å². The average molecular weight is 2000 g/mol. The zero-order chi connectivity index (χ0) is 104. The molecule has 9 rings (SSSR count). The molecular weight excluding hydrogens is 1880 g/mol. The van der Waals surface area contributed by atoms with Gasteiger partial charge < -0.3 is 103 Å². The number of fused-ring (bicyclic) bond motifs is 3. The minimum Gasteiger partial charge on any atom is -0.480 e. The normalized spacial score (nSPS) is 11.8. The van der Waals surface area contributed by atoms with Gasteiger partial charge in [0, 0.05) is 182 Å². The van der Waals surface area contributed by atoms with Crippen molar-refractivity contribution >= 4 is 139 Å². The van der Waals surface area contributed by atoms with Gasteiger partial charge in [0.2, 0.25) is 23.8 Å². The highest BCUT2D eigenvalue weighted by Crippen LogP contribution is 2.25. The fraction of sp³-hybridized carbons (Fsp3) is 0.489. The maximum atomic E-state index is 13.0. The monoisotopic (exact) mass is 2000 g/mol. The first-order valence-electron chi connectivity index (χ1n) is 46.7. The number of Topliss-reactive ketones (excluding diaryl/α,β-unsaturated/α-hetero) is 5. The van der Waals surface area contributed by atoms with Crippen molar-refractivity contribution in [2.75, 3.05) is 145 Å². The van der Waals surface area contributed by atoms with Gasteiger partial charge in [-0.2, -0.15) is 15.0 Å². The van der Waals surface area contributed by atoms with E-state index in [1.54, 1.807) is 76.6 Å². The molecule has 9 aromatic rings. The number of carbonyl (C=O) groups excluding carboxylic acids is 9. The zero-order valence-corrected chi connectivity index (χ0v) is 80.7. The number of azide groups is 1. The number of amides is 4. The van der Waals surface area contributed by atoms with Crippen LogP contribution >= 0.6 is 0 Å². The first-order valence-corrected chi connectivity index (χ1v) is 46.7. The van der Waals surface area contributed by atoms with Crippen molar-refractivity contribution in [2.45, 2.75) is 185 Å². The third-order valence-electron chi connectivity index (χ3n) is 22.3. The van der Waals surface area contributed by atoms with E-state index in [4.69, 9.17) is 56.9 Å². The third-order valence-corrected chi connectivity index (χ3v) is 22.3. The van der Waals surface area contributed by atoms with Crippen molar-refractivity contribution < 1.29 is 101 Å². The highest BCUT2D eigenvalue weighted by atomic mass is 16.5. The first kappa shape index (κ1) is 114. The summed E-state index contributed by atoms with van der Waals surface area (Å²) >= 11 is 0. The topological polar surface area (TPSA) is 746 Å². The molecule has 0 radical (unpaired) electrons. The number of carboxylic acids is 3. The lowest BCUT2D eigenvalue weighted by atomic mass is 9.87. The Kier molecular flexibility index (Phi) is 47.7. The molecule has 18 N–H and O–H groups in total. The van der Waals surface area contributed by atoms with Crippen LogP contribution < -0.4 is 75.6 Å². The maximum Gasteiger partial charge on any atom is 0.326 e. The molecule has 3 aromatic carbocycles. The van der Waals surface area contributed by atoms with Crippen LogP contribution in [0.2, 0.25) is 0 Å². The van der Waals surface area contributed by atoms with Gasteiger partial charge in [0.15, 0.2) is 33.5 Å². The third kappa shape index (κ3) is 40.4. The largest absolute Gasteiger partial charge is 0.480 e. The van der Waals surface area contributed by atoms with Gasteiger partial charge in [-0.3, -0.25) is 72.5 Å². The summed E-state index contributed by atoms with van der Waals surface area (Å²) in [6.45, 7) is 6.72. The van der Waals surface area contributed by atoms with E-state index in [9.17, 15) is 87.2 Å². The number of aliphatic carboxylic acids is 3. The van der Waals surface area contributed by atoms with Crippen LogP contribution in [0.4, 0.5) is 34.9 Å². The molecule has 0 aliphatic rings. The SMILES string of the molecule is CN(Cc1cnc2nc(N)[nH]c(=O)c2n1)c1ccc(C(=O)N[C@@H](CCC(=O)CCCOCCOCCCC(=O)CCC(C)(CCC(=O)CCCOCCOCCCC(=O)CC[C@H](NC(=O)c2ccc(N(C)Cc3cnc4nc(N)[nH]c(=O)c4n3)cc2)C(=O)O)NC(=O)CCN=[N+]=[N-])C(=O)O)cc1.CN(Cc1cnc2nc(N)[nH]c(=O)c2n1)c1ccc(C(=O)N[C@@H](CCC(=O)CCCOCCOCCN)C(=O)O)cc1. The van der Waals surface area contributed by atoms with Crippen molar-refractivity contribution in [1.29, 1.82) is 0 Å². The second-order valence-electron chi connectivity index (χ2n) is 33.9. The van der Waals surface area contributed by atoms with Gasteiger partial charge in [-0.1, -0.05) is 5.11 Å². The lowest BCUT2D eigenvalue weighted by Gasteiger charge is -2.31. The van der Waals surface area contributed by atoms with E-state index < -0.39 is 76.0 Å². The fourth-order valence-corrected chi connectivity index (χ4v) is 14.4. The molecule has 0 fully saturated rings. The van der Waals surface area contributed by atoms with E-state index in [1.807, 2.05) is 14.7 Å². The van der Waals surface area contributed by atoms with Crippen LogP contribution in [0.3, 0.4) is 0 Å². The fourth-order valence-electron chi connectivity index (χ4n) is 14.4.